The van der Waals surface area contributed by atoms with Gasteiger partial charge in [0.2, 0.25) is 0 Å². The second kappa shape index (κ2) is 8.19. The molecule has 8 heteroatoms. The summed E-state index contributed by atoms with van der Waals surface area (Å²) in [5, 5.41) is 17.8. The Bertz CT molecular complexity index is 601. The van der Waals surface area contributed by atoms with Gasteiger partial charge in [0.1, 0.15) is 5.15 Å². The number of hydrogen-bond donors (Lipinski definition) is 4. The molecular formula is C16H23ClN4O3. The molecule has 1 aliphatic rings. The van der Waals surface area contributed by atoms with E-state index in [-0.39, 0.29) is 24.0 Å². The van der Waals surface area contributed by atoms with Gasteiger partial charge in [-0.25, -0.2) is 9.78 Å². The second-order valence-electron chi connectivity index (χ2n) is 6.32. The zero-order valence-corrected chi connectivity index (χ0v) is 14.6. The lowest BCUT2D eigenvalue weighted by Gasteiger charge is -2.29. The van der Waals surface area contributed by atoms with E-state index in [2.05, 4.69) is 20.9 Å². The first-order valence-corrected chi connectivity index (χ1v) is 8.45. The molecule has 4 N–H and O–H groups in total. The van der Waals surface area contributed by atoms with Gasteiger partial charge in [-0.1, -0.05) is 11.6 Å². The molecular weight excluding hydrogens is 332 g/mol. The lowest BCUT2D eigenvalue weighted by atomic mass is 9.91. The Kier molecular flexibility index (Phi) is 6.25. The molecule has 1 aromatic rings. The monoisotopic (exact) mass is 354 g/mol. The van der Waals surface area contributed by atoms with Crippen molar-refractivity contribution < 1.29 is 14.7 Å². The maximum absolute atomic E-state index is 12.5. The number of amides is 2. The number of hydrogen-bond acceptors (Lipinski definition) is 4. The average molecular weight is 355 g/mol. The molecule has 1 fully saturated rings. The van der Waals surface area contributed by atoms with Crippen LogP contribution in [0.15, 0.2) is 12.3 Å². The number of carboxylic acid groups (broad SMARTS) is 1. The van der Waals surface area contributed by atoms with Gasteiger partial charge >= 0.3 is 6.09 Å². The van der Waals surface area contributed by atoms with Gasteiger partial charge in [-0.15, -0.1) is 0 Å². The van der Waals surface area contributed by atoms with Crippen LogP contribution in [0.4, 0.5) is 10.5 Å². The standard InChI is InChI=1S/C16H23ClN4O3/c1-9(2)19-13-7-14(17)18-8-12(13)15(22)20-10-3-5-11(6-4-10)21-16(23)24/h7-11,21H,3-6H2,1-2H3,(H,18,19)(H,20,22)(H,23,24). The first-order valence-electron chi connectivity index (χ1n) is 8.07. The SMILES string of the molecule is CC(C)Nc1cc(Cl)ncc1C(=O)NC1CCC(NC(=O)O)CC1. The summed E-state index contributed by atoms with van der Waals surface area (Å²) in [6.45, 7) is 3.96. The third-order valence-corrected chi connectivity index (χ3v) is 4.16. The van der Waals surface area contributed by atoms with E-state index in [1.807, 2.05) is 13.8 Å². The van der Waals surface area contributed by atoms with E-state index >= 15 is 0 Å². The Morgan fingerprint density at radius 3 is 2.33 bits per heavy atom. The van der Waals surface area contributed by atoms with E-state index in [0.29, 0.717) is 29.2 Å². The quantitative estimate of drug-likeness (QED) is 0.609. The van der Waals surface area contributed by atoms with E-state index in [0.717, 1.165) is 12.8 Å². The van der Waals surface area contributed by atoms with Crippen molar-refractivity contribution in [3.05, 3.63) is 23.0 Å². The molecule has 2 amide bonds. The maximum Gasteiger partial charge on any atom is 0.404 e. The van der Waals surface area contributed by atoms with Crippen LogP contribution in [0.1, 0.15) is 49.9 Å². The van der Waals surface area contributed by atoms with Crippen molar-refractivity contribution in [1.82, 2.24) is 15.6 Å². The summed E-state index contributed by atoms with van der Waals surface area (Å²) in [7, 11) is 0. The van der Waals surface area contributed by atoms with E-state index in [4.69, 9.17) is 16.7 Å². The van der Waals surface area contributed by atoms with Crippen LogP contribution in [-0.2, 0) is 0 Å². The topological polar surface area (TPSA) is 103 Å². The average Bonchev–Trinajstić information content (AvgIpc) is 2.48. The Hall–Kier alpha value is -2.02. The summed E-state index contributed by atoms with van der Waals surface area (Å²) >= 11 is 5.92. The molecule has 1 heterocycles. The lowest BCUT2D eigenvalue weighted by molar-refractivity contribution is 0.0923. The van der Waals surface area contributed by atoms with Gasteiger partial charge < -0.3 is 21.1 Å². The number of nitrogens with zero attached hydrogens (tertiary/aromatic N) is 1. The van der Waals surface area contributed by atoms with Gasteiger partial charge in [0.05, 0.1) is 11.3 Å². The van der Waals surface area contributed by atoms with Crippen molar-refractivity contribution in [2.24, 2.45) is 0 Å². The third kappa shape index (κ3) is 5.26. The Morgan fingerprint density at radius 1 is 1.21 bits per heavy atom. The highest BCUT2D eigenvalue weighted by Gasteiger charge is 2.24. The van der Waals surface area contributed by atoms with Crippen molar-refractivity contribution in [3.8, 4) is 0 Å². The number of aromatic nitrogens is 1. The van der Waals surface area contributed by atoms with Crippen LogP contribution in [0.5, 0.6) is 0 Å². The van der Waals surface area contributed by atoms with Crippen molar-refractivity contribution in [1.29, 1.82) is 0 Å². The van der Waals surface area contributed by atoms with E-state index in [1.54, 1.807) is 6.07 Å². The van der Waals surface area contributed by atoms with E-state index < -0.39 is 6.09 Å². The number of pyridine rings is 1. The number of halogens is 1. The molecule has 0 radical (unpaired) electrons. The number of carbonyl (C=O) groups excluding carboxylic acids is 1. The predicted octanol–water partition coefficient (Wildman–Crippen LogP) is 2.86. The highest BCUT2D eigenvalue weighted by molar-refractivity contribution is 6.29. The largest absolute Gasteiger partial charge is 0.465 e. The Balaban J connectivity index is 1.97. The van der Waals surface area contributed by atoms with Gasteiger partial charge in [-0.2, -0.15) is 0 Å². The fraction of sp³-hybridized carbons (Fsp3) is 0.562. The Labute approximate surface area is 146 Å². The van der Waals surface area contributed by atoms with Crippen LogP contribution < -0.4 is 16.0 Å². The first kappa shape index (κ1) is 18.3. The number of rotatable bonds is 5. The smallest absolute Gasteiger partial charge is 0.404 e. The van der Waals surface area contributed by atoms with Crippen LogP contribution in [0.3, 0.4) is 0 Å². The molecule has 0 spiro atoms. The first-order chi connectivity index (χ1) is 11.3. The fourth-order valence-electron chi connectivity index (χ4n) is 2.86. The van der Waals surface area contributed by atoms with E-state index in [1.165, 1.54) is 6.20 Å². The predicted molar refractivity (Wildman–Crippen MR) is 92.7 cm³/mol. The summed E-state index contributed by atoms with van der Waals surface area (Å²) < 4.78 is 0. The molecule has 0 atom stereocenters. The van der Waals surface area contributed by atoms with Gasteiger partial charge in [0, 0.05) is 24.3 Å². The zero-order chi connectivity index (χ0) is 17.7. The van der Waals surface area contributed by atoms with Crippen LogP contribution in [0, 0.1) is 0 Å². The van der Waals surface area contributed by atoms with Crippen LogP contribution >= 0.6 is 11.6 Å². The summed E-state index contributed by atoms with van der Waals surface area (Å²) in [6.07, 6.45) is 3.38. The zero-order valence-electron chi connectivity index (χ0n) is 13.8. The second-order valence-corrected chi connectivity index (χ2v) is 6.71. The van der Waals surface area contributed by atoms with Crippen molar-refractivity contribution in [2.45, 2.75) is 57.7 Å². The van der Waals surface area contributed by atoms with Gasteiger partial charge in [0.15, 0.2) is 0 Å². The highest BCUT2D eigenvalue weighted by Crippen LogP contribution is 2.22. The van der Waals surface area contributed by atoms with Gasteiger partial charge in [-0.05, 0) is 45.6 Å². The summed E-state index contributed by atoms with van der Waals surface area (Å²) in [5.41, 5.74) is 1.11. The normalized spacial score (nSPS) is 20.5. The van der Waals surface area contributed by atoms with Crippen molar-refractivity contribution in [2.75, 3.05) is 5.32 Å². The third-order valence-electron chi connectivity index (χ3n) is 3.95. The van der Waals surface area contributed by atoms with Crippen LogP contribution in [-0.4, -0.2) is 40.2 Å². The molecule has 0 aliphatic heterocycles. The molecule has 24 heavy (non-hydrogen) atoms. The molecule has 7 nitrogen and oxygen atoms in total. The van der Waals surface area contributed by atoms with Gasteiger partial charge in [-0.3, -0.25) is 4.79 Å². The molecule has 132 valence electrons. The minimum absolute atomic E-state index is 0.0342. The highest BCUT2D eigenvalue weighted by atomic mass is 35.5. The van der Waals surface area contributed by atoms with Crippen LogP contribution in [0.25, 0.3) is 0 Å². The molecule has 0 bridgehead atoms. The lowest BCUT2D eigenvalue weighted by Crippen LogP contribution is -2.43. The van der Waals surface area contributed by atoms with Gasteiger partial charge in [0.25, 0.3) is 5.91 Å². The number of nitrogens with one attached hydrogen (secondary N) is 3. The molecule has 0 unspecified atom stereocenters. The summed E-state index contributed by atoms with van der Waals surface area (Å²) in [6, 6.07) is 1.80. The van der Waals surface area contributed by atoms with Crippen molar-refractivity contribution >= 4 is 29.3 Å². The summed E-state index contributed by atoms with van der Waals surface area (Å²) in [5.74, 6) is -0.197. The Morgan fingerprint density at radius 2 is 1.79 bits per heavy atom. The number of anilines is 1. The minimum atomic E-state index is -1.00. The fourth-order valence-corrected chi connectivity index (χ4v) is 3.02. The molecule has 2 rings (SSSR count). The molecule has 1 aliphatic carbocycles. The number of carbonyl (C=O) groups is 2. The van der Waals surface area contributed by atoms with Crippen LogP contribution in [0.2, 0.25) is 5.15 Å². The summed E-state index contributed by atoms with van der Waals surface area (Å²) in [4.78, 5) is 27.2. The van der Waals surface area contributed by atoms with Crippen molar-refractivity contribution in [3.63, 3.8) is 0 Å². The molecule has 0 aromatic carbocycles. The molecule has 1 saturated carbocycles. The minimum Gasteiger partial charge on any atom is -0.465 e. The maximum atomic E-state index is 12.5. The van der Waals surface area contributed by atoms with E-state index in [9.17, 15) is 9.59 Å². The molecule has 0 saturated heterocycles. The molecule has 1 aromatic heterocycles.